The van der Waals surface area contributed by atoms with Gasteiger partial charge in [0.05, 0.1) is 0 Å². The quantitative estimate of drug-likeness (QED) is 0.144. The monoisotopic (exact) mass is 1220 g/mol. The highest BCUT2D eigenvalue weighted by Crippen LogP contribution is 2.49. The molecule has 0 spiro atoms. The fourth-order valence-electron chi connectivity index (χ4n) is 18.5. The molecule has 8 fully saturated rings. The Hall–Kier alpha value is 0. The van der Waals surface area contributed by atoms with Crippen LogP contribution >= 0.6 is 0 Å². The van der Waals surface area contributed by atoms with E-state index in [0.29, 0.717) is 0 Å². The highest BCUT2D eigenvalue weighted by atomic mass is 14.5. The molecule has 0 radical (unpaired) electrons. The number of rotatable bonds is 16. The minimum Gasteiger partial charge on any atom is -0.0625 e. The SMILES string of the molecule is CC(C)C1CC(C(C)C)C1.CC(C)C1CC1C(C)C.CC(C)C1CCC(C(C)C)C1.CC(C)C1CCC(C(C)C)CC1.CC(C)C1CCC1C(C)C.CC(C)C1CCCC(C(C)C)C1.CC(C)C1CCCC1C(C)C.CC(C)C1CCCCC1C(C)C. The van der Waals surface area contributed by atoms with Crippen molar-refractivity contribution in [3.05, 3.63) is 0 Å². The maximum Gasteiger partial charge on any atom is -0.0357 e. The van der Waals surface area contributed by atoms with Crippen LogP contribution in [0.1, 0.15) is 369 Å². The van der Waals surface area contributed by atoms with Gasteiger partial charge >= 0.3 is 0 Å². The maximum atomic E-state index is 2.39. The van der Waals surface area contributed by atoms with Gasteiger partial charge in [0, 0.05) is 0 Å². The molecule has 8 aliphatic carbocycles. The molecule has 12 atom stereocenters. The van der Waals surface area contributed by atoms with E-state index < -0.39 is 0 Å². The van der Waals surface area contributed by atoms with Gasteiger partial charge in [-0.2, -0.15) is 0 Å². The van der Waals surface area contributed by atoms with Crippen LogP contribution in [-0.4, -0.2) is 0 Å². The zero-order chi connectivity index (χ0) is 66.7. The molecule has 522 valence electrons. The van der Waals surface area contributed by atoms with Gasteiger partial charge in [0.1, 0.15) is 0 Å². The van der Waals surface area contributed by atoms with Crippen LogP contribution in [0.2, 0.25) is 0 Å². The molecular weight excluding hydrogens is 1040 g/mol. The molecule has 0 aromatic rings. The van der Waals surface area contributed by atoms with Crippen molar-refractivity contribution in [2.45, 2.75) is 369 Å². The minimum atomic E-state index is 0.901. The van der Waals surface area contributed by atoms with Crippen LogP contribution in [0.15, 0.2) is 0 Å². The van der Waals surface area contributed by atoms with Crippen molar-refractivity contribution < 1.29 is 0 Å². The first-order chi connectivity index (χ1) is 40.4. The molecule has 8 rings (SSSR count). The summed E-state index contributed by atoms with van der Waals surface area (Å²) in [6.07, 6.45) is 34.2. The van der Waals surface area contributed by atoms with E-state index in [-0.39, 0.29) is 0 Å². The van der Waals surface area contributed by atoms with Crippen LogP contribution in [-0.2, 0) is 0 Å². The average molecular weight is 1220 g/mol. The van der Waals surface area contributed by atoms with Crippen molar-refractivity contribution in [3.63, 3.8) is 0 Å². The molecule has 8 aliphatic rings. The van der Waals surface area contributed by atoms with Gasteiger partial charge in [0.25, 0.3) is 0 Å². The van der Waals surface area contributed by atoms with Crippen molar-refractivity contribution in [2.24, 2.45) is 189 Å². The van der Waals surface area contributed by atoms with Crippen molar-refractivity contribution in [1.82, 2.24) is 0 Å². The summed E-state index contributed by atoms with van der Waals surface area (Å²) in [6.45, 7) is 75.8. The minimum absolute atomic E-state index is 0.901. The van der Waals surface area contributed by atoms with Crippen LogP contribution in [0.5, 0.6) is 0 Å². The second kappa shape index (κ2) is 43.9. The molecule has 0 saturated heterocycles. The molecule has 0 aromatic heterocycles. The summed E-state index contributed by atoms with van der Waals surface area (Å²) in [5.74, 6) is 31.2. The van der Waals surface area contributed by atoms with Gasteiger partial charge in [-0.1, -0.05) is 260 Å². The van der Waals surface area contributed by atoms with Gasteiger partial charge in [-0.15, -0.1) is 0 Å². The highest BCUT2D eigenvalue weighted by Gasteiger charge is 2.41. The summed E-state index contributed by atoms with van der Waals surface area (Å²) in [4.78, 5) is 0. The molecule has 0 heterocycles. The van der Waals surface area contributed by atoms with E-state index in [1.807, 2.05) is 0 Å². The fraction of sp³-hybridized carbons (Fsp3) is 1.00. The second-order valence-corrected chi connectivity index (χ2v) is 37.9. The Kier molecular flexibility index (Phi) is 42.9. The van der Waals surface area contributed by atoms with Crippen LogP contribution in [0.3, 0.4) is 0 Å². The van der Waals surface area contributed by atoms with E-state index >= 15 is 0 Å². The first-order valence-electron chi connectivity index (χ1n) is 40.4. The summed E-state index contributed by atoms with van der Waals surface area (Å²) in [5.41, 5.74) is 0. The average Bonchev–Trinajstić information content (AvgIpc) is 3.78. The molecule has 0 amide bonds. The number of hydrogen-bond donors (Lipinski definition) is 0. The molecule has 0 N–H and O–H groups in total. The third kappa shape index (κ3) is 32.3. The Labute approximate surface area is 555 Å². The van der Waals surface area contributed by atoms with Crippen LogP contribution in [0.25, 0.3) is 0 Å². The van der Waals surface area contributed by atoms with Gasteiger partial charge in [0.15, 0.2) is 0 Å². The highest BCUT2D eigenvalue weighted by molar-refractivity contribution is 4.90. The van der Waals surface area contributed by atoms with Crippen molar-refractivity contribution in [3.8, 4) is 0 Å². The number of hydrogen-bond acceptors (Lipinski definition) is 0. The lowest BCUT2D eigenvalue weighted by molar-refractivity contribution is 0.0793. The molecule has 0 nitrogen and oxygen atoms in total. The summed E-state index contributed by atoms with van der Waals surface area (Å²) in [5, 5.41) is 0. The Bertz CT molecular complexity index is 1480. The molecule has 0 aliphatic heterocycles. The van der Waals surface area contributed by atoms with Gasteiger partial charge in [-0.05, 0) is 299 Å². The Morgan fingerprint density at radius 3 is 0.483 bits per heavy atom. The summed E-state index contributed by atoms with van der Waals surface area (Å²) in [7, 11) is 0. The molecule has 12 unspecified atom stereocenters. The normalized spacial score (nSPS) is 32.3. The first kappa shape index (κ1) is 85.0. The Morgan fingerprint density at radius 2 is 0.299 bits per heavy atom. The molecule has 0 bridgehead atoms. The van der Waals surface area contributed by atoms with Crippen molar-refractivity contribution >= 4 is 0 Å². The third-order valence-electron chi connectivity index (χ3n) is 26.5. The van der Waals surface area contributed by atoms with E-state index in [9.17, 15) is 0 Å². The summed E-state index contributed by atoms with van der Waals surface area (Å²) < 4.78 is 0. The van der Waals surface area contributed by atoms with Crippen molar-refractivity contribution in [2.75, 3.05) is 0 Å². The topological polar surface area (TPSA) is 0 Å². The van der Waals surface area contributed by atoms with Gasteiger partial charge in [-0.3, -0.25) is 0 Å². The summed E-state index contributed by atoms with van der Waals surface area (Å²) >= 11 is 0. The third-order valence-corrected chi connectivity index (χ3v) is 26.5. The van der Waals surface area contributed by atoms with Crippen LogP contribution in [0.4, 0.5) is 0 Å². The zero-order valence-electron chi connectivity index (χ0n) is 66.7. The largest absolute Gasteiger partial charge is 0.0625 e. The summed E-state index contributed by atoms with van der Waals surface area (Å²) in [6, 6.07) is 0. The van der Waals surface area contributed by atoms with Crippen molar-refractivity contribution in [1.29, 1.82) is 0 Å². The Balaban J connectivity index is 0.000000498. The first-order valence-corrected chi connectivity index (χ1v) is 40.4. The maximum absolute atomic E-state index is 2.39. The second-order valence-electron chi connectivity index (χ2n) is 37.9. The van der Waals surface area contributed by atoms with E-state index in [1.165, 1.54) is 148 Å². The van der Waals surface area contributed by atoms with Gasteiger partial charge in [-0.25, -0.2) is 0 Å². The van der Waals surface area contributed by atoms with E-state index in [4.69, 9.17) is 0 Å². The Morgan fingerprint density at radius 1 is 0.126 bits per heavy atom. The molecule has 8 saturated carbocycles. The van der Waals surface area contributed by atoms with Crippen LogP contribution in [0, 0.1) is 189 Å². The van der Waals surface area contributed by atoms with Gasteiger partial charge < -0.3 is 0 Å². The molecule has 0 aromatic carbocycles. The lowest BCUT2D eigenvalue weighted by Gasteiger charge is -2.42. The molecule has 87 heavy (non-hydrogen) atoms. The smallest absolute Gasteiger partial charge is 0.0357 e. The van der Waals surface area contributed by atoms with E-state index in [2.05, 4.69) is 222 Å². The lowest BCUT2D eigenvalue weighted by Crippen LogP contribution is -2.33. The molecular formula is C87H174. The fourth-order valence-corrected chi connectivity index (χ4v) is 18.5. The van der Waals surface area contributed by atoms with E-state index in [1.54, 1.807) is 0 Å². The predicted octanol–water partition coefficient (Wildman–Crippen LogP) is 29.3. The van der Waals surface area contributed by atoms with Crippen LogP contribution < -0.4 is 0 Å². The predicted molar refractivity (Wildman–Crippen MR) is 399 cm³/mol. The molecule has 0 heteroatoms. The lowest BCUT2D eigenvalue weighted by atomic mass is 9.64. The van der Waals surface area contributed by atoms with Gasteiger partial charge in [0.2, 0.25) is 0 Å². The van der Waals surface area contributed by atoms with E-state index in [0.717, 1.165) is 189 Å². The standard InChI is InChI=1S/3C12H24.2C11H22.2C10H20.C9H18/c1-9(2)11-5-7-12(8-6-11)10(3)4;1-9(2)11-6-5-7-12(8-11)10(3)4;1-9(2)11-7-5-6-8-12(11)10(3)4;1-8(2)10-5-6-11(7-10)9(3)4;1-8(2)10-6-5-7-11(10)9(3)4;1-7(2)9-5-10(6-9)8(3)4;1-7(2)9-5-6-10(9)8(3)4;1-6(2)8-5-9(8)7(3)4/h3*9-12H,5-8H2,1-4H3;2*8-11H,5-7H2,1-4H3;2*7-10H,5-6H2,1-4H3;6-9H,5H2,1-4H3. The zero-order valence-corrected chi connectivity index (χ0v) is 66.7.